The Bertz CT molecular complexity index is 1050. The number of aliphatic imine (C=N–C) groups is 1. The summed E-state index contributed by atoms with van der Waals surface area (Å²) in [5.41, 5.74) is 5.69. The first kappa shape index (κ1) is 27.4. The molecule has 0 aliphatic carbocycles. The van der Waals surface area contributed by atoms with Crippen LogP contribution in [-0.2, 0) is 5.54 Å². The van der Waals surface area contributed by atoms with E-state index in [4.69, 9.17) is 5.73 Å². The maximum Gasteiger partial charge on any atom is 0.387 e. The molecule has 1 atom stereocenters. The number of benzene rings is 1. The standard InChI is InChI=1S/C23H28F4N4O2S/c1-6-23(12-24,34-5)20(28)31-22(3,4)16-10-14(7-8-17(16)25)30-19(32)18-13(2)9-15(11-29-18)33-21(26)27/h7-11,21H,6,12H2,1-5H3,(H2,28,31)(H,30,32). The number of nitrogens with zero attached hydrogens (tertiary/aromatic N) is 2. The first-order valence-electron chi connectivity index (χ1n) is 10.4. The normalized spacial score (nSPS) is 14.1. The minimum atomic E-state index is -3.01. The van der Waals surface area contributed by atoms with Crippen molar-refractivity contribution in [3.8, 4) is 5.75 Å². The number of carbonyl (C=O) groups excluding carboxylic acids is 1. The Morgan fingerprint density at radius 3 is 2.53 bits per heavy atom. The van der Waals surface area contributed by atoms with E-state index in [1.54, 1.807) is 27.0 Å². The van der Waals surface area contributed by atoms with Crippen LogP contribution >= 0.6 is 11.8 Å². The van der Waals surface area contributed by atoms with Gasteiger partial charge >= 0.3 is 6.61 Å². The monoisotopic (exact) mass is 500 g/mol. The number of amides is 1. The Balaban J connectivity index is 2.34. The number of aryl methyl sites for hydroxylation is 1. The third kappa shape index (κ3) is 6.19. The molecule has 2 rings (SSSR count). The summed E-state index contributed by atoms with van der Waals surface area (Å²) in [5, 5.41) is 2.62. The quantitative estimate of drug-likeness (QED) is 0.257. The van der Waals surface area contributed by atoms with Crippen LogP contribution < -0.4 is 15.8 Å². The SMILES string of the molecule is CCC(CF)(SC)C(N)=NC(C)(C)c1cc(NC(=O)c2ncc(OC(F)F)cc2C)ccc1F. The van der Waals surface area contributed by atoms with E-state index in [1.807, 2.05) is 0 Å². The smallest absolute Gasteiger partial charge is 0.387 e. The molecule has 3 N–H and O–H groups in total. The lowest BCUT2D eigenvalue weighted by molar-refractivity contribution is -0.0501. The summed E-state index contributed by atoms with van der Waals surface area (Å²) in [6, 6.07) is 5.22. The number of hydrogen-bond donors (Lipinski definition) is 2. The number of halogens is 4. The third-order valence-corrected chi connectivity index (χ3v) is 6.81. The molecule has 34 heavy (non-hydrogen) atoms. The Labute approximate surface area is 200 Å². The fourth-order valence-corrected chi connectivity index (χ4v) is 3.98. The maximum absolute atomic E-state index is 14.7. The molecule has 11 heteroatoms. The Kier molecular flexibility index (Phi) is 8.93. The second-order valence-corrected chi connectivity index (χ2v) is 9.30. The van der Waals surface area contributed by atoms with Gasteiger partial charge in [-0.25, -0.2) is 13.8 Å². The number of carbonyl (C=O) groups is 1. The van der Waals surface area contributed by atoms with Crippen LogP contribution in [0.25, 0.3) is 0 Å². The van der Waals surface area contributed by atoms with Crippen molar-refractivity contribution >= 4 is 29.2 Å². The molecule has 0 saturated heterocycles. The van der Waals surface area contributed by atoms with E-state index in [1.165, 1.54) is 43.0 Å². The minimum absolute atomic E-state index is 0.00957. The van der Waals surface area contributed by atoms with Gasteiger partial charge in [0.1, 0.15) is 34.5 Å². The molecular formula is C23H28F4N4O2S. The molecule has 0 radical (unpaired) electrons. The minimum Gasteiger partial charge on any atom is -0.433 e. The molecule has 2 aromatic rings. The average molecular weight is 501 g/mol. The van der Waals surface area contributed by atoms with Gasteiger partial charge in [0.2, 0.25) is 0 Å². The van der Waals surface area contributed by atoms with Gasteiger partial charge in [-0.15, -0.1) is 11.8 Å². The highest BCUT2D eigenvalue weighted by atomic mass is 32.2. The molecule has 0 saturated carbocycles. The number of pyridine rings is 1. The van der Waals surface area contributed by atoms with Gasteiger partial charge in [-0.3, -0.25) is 9.79 Å². The van der Waals surface area contributed by atoms with E-state index in [2.05, 4.69) is 20.0 Å². The number of thioether (sulfide) groups is 1. The second-order valence-electron chi connectivity index (χ2n) is 8.11. The maximum atomic E-state index is 14.7. The number of rotatable bonds is 10. The van der Waals surface area contributed by atoms with Crippen molar-refractivity contribution in [3.63, 3.8) is 0 Å². The van der Waals surface area contributed by atoms with Gasteiger partial charge in [-0.05, 0) is 63.3 Å². The highest BCUT2D eigenvalue weighted by Gasteiger charge is 2.35. The van der Waals surface area contributed by atoms with Crippen molar-refractivity contribution < 1.29 is 27.1 Å². The van der Waals surface area contributed by atoms with Crippen LogP contribution in [-0.4, -0.2) is 41.0 Å². The zero-order valence-electron chi connectivity index (χ0n) is 19.6. The highest BCUT2D eigenvalue weighted by Crippen LogP contribution is 2.34. The van der Waals surface area contributed by atoms with Gasteiger partial charge in [0.05, 0.1) is 11.7 Å². The Morgan fingerprint density at radius 1 is 1.32 bits per heavy atom. The van der Waals surface area contributed by atoms with Crippen LogP contribution in [0.15, 0.2) is 35.5 Å². The molecule has 1 aromatic heterocycles. The summed E-state index contributed by atoms with van der Waals surface area (Å²) in [7, 11) is 0. The number of hydrogen-bond acceptors (Lipinski definition) is 5. The molecule has 0 bridgehead atoms. The highest BCUT2D eigenvalue weighted by molar-refractivity contribution is 8.00. The van der Waals surface area contributed by atoms with E-state index in [0.29, 0.717) is 12.0 Å². The lowest BCUT2D eigenvalue weighted by Crippen LogP contribution is -2.44. The van der Waals surface area contributed by atoms with Crippen molar-refractivity contribution in [1.82, 2.24) is 4.98 Å². The molecule has 0 aliphatic heterocycles. The predicted molar refractivity (Wildman–Crippen MR) is 127 cm³/mol. The van der Waals surface area contributed by atoms with Gasteiger partial charge in [0, 0.05) is 11.3 Å². The van der Waals surface area contributed by atoms with E-state index >= 15 is 0 Å². The zero-order chi connectivity index (χ0) is 25.7. The number of ether oxygens (including phenoxy) is 1. The molecule has 0 spiro atoms. The van der Waals surface area contributed by atoms with Crippen LogP contribution in [0.4, 0.5) is 23.2 Å². The third-order valence-electron chi connectivity index (χ3n) is 5.42. The zero-order valence-corrected chi connectivity index (χ0v) is 20.4. The first-order valence-corrected chi connectivity index (χ1v) is 11.6. The summed E-state index contributed by atoms with van der Waals surface area (Å²) in [4.78, 5) is 21.0. The predicted octanol–water partition coefficient (Wildman–Crippen LogP) is 5.46. The number of nitrogens with one attached hydrogen (secondary N) is 1. The van der Waals surface area contributed by atoms with Crippen LogP contribution in [0.2, 0.25) is 0 Å². The second kappa shape index (κ2) is 11.1. The molecule has 6 nitrogen and oxygen atoms in total. The molecule has 1 heterocycles. The lowest BCUT2D eigenvalue weighted by Gasteiger charge is -2.30. The lowest BCUT2D eigenvalue weighted by atomic mass is 9.93. The topological polar surface area (TPSA) is 89.6 Å². The summed E-state index contributed by atoms with van der Waals surface area (Å²) >= 11 is 1.24. The van der Waals surface area contributed by atoms with Crippen molar-refractivity contribution in [2.45, 2.75) is 51.0 Å². The van der Waals surface area contributed by atoms with Gasteiger partial charge in [0.15, 0.2) is 0 Å². The molecule has 1 amide bonds. The first-order chi connectivity index (χ1) is 15.9. The fraction of sp³-hybridized carbons (Fsp3) is 0.435. The van der Waals surface area contributed by atoms with E-state index < -0.39 is 35.3 Å². The van der Waals surface area contributed by atoms with Crippen LogP contribution in [0.1, 0.15) is 48.8 Å². The number of aromatic nitrogens is 1. The van der Waals surface area contributed by atoms with Crippen molar-refractivity contribution in [3.05, 3.63) is 53.1 Å². The fourth-order valence-electron chi connectivity index (χ4n) is 3.33. The van der Waals surface area contributed by atoms with Crippen LogP contribution in [0.3, 0.4) is 0 Å². The van der Waals surface area contributed by atoms with Crippen molar-refractivity contribution in [2.75, 3.05) is 18.2 Å². The van der Waals surface area contributed by atoms with Gasteiger partial charge < -0.3 is 15.8 Å². The number of anilines is 1. The summed E-state index contributed by atoms with van der Waals surface area (Å²) in [6.45, 7) is 2.86. The summed E-state index contributed by atoms with van der Waals surface area (Å²) in [5.74, 6) is -1.31. The van der Waals surface area contributed by atoms with Crippen LogP contribution in [0.5, 0.6) is 5.75 Å². The van der Waals surface area contributed by atoms with E-state index in [-0.39, 0.29) is 28.5 Å². The molecule has 0 aliphatic rings. The molecule has 1 aromatic carbocycles. The molecule has 186 valence electrons. The van der Waals surface area contributed by atoms with Crippen molar-refractivity contribution in [2.24, 2.45) is 10.7 Å². The Hall–Kier alpha value is -2.82. The molecule has 0 fully saturated rings. The summed E-state index contributed by atoms with van der Waals surface area (Å²) < 4.78 is 56.5. The number of nitrogens with two attached hydrogens (primary N) is 1. The van der Waals surface area contributed by atoms with Crippen LogP contribution in [0, 0.1) is 12.7 Å². The Morgan fingerprint density at radius 2 is 2.00 bits per heavy atom. The molecule has 1 unspecified atom stereocenters. The summed E-state index contributed by atoms with van der Waals surface area (Å²) in [6.07, 6.45) is 3.15. The number of amidine groups is 1. The van der Waals surface area contributed by atoms with Crippen molar-refractivity contribution in [1.29, 1.82) is 0 Å². The van der Waals surface area contributed by atoms with Gasteiger partial charge in [0.25, 0.3) is 5.91 Å². The average Bonchev–Trinajstić information content (AvgIpc) is 2.76. The van der Waals surface area contributed by atoms with E-state index in [0.717, 1.165) is 6.20 Å². The van der Waals surface area contributed by atoms with E-state index in [9.17, 15) is 22.4 Å². The number of alkyl halides is 3. The largest absolute Gasteiger partial charge is 0.433 e. The van der Waals surface area contributed by atoms with Gasteiger partial charge in [-0.1, -0.05) is 6.92 Å². The molecular weight excluding hydrogens is 472 g/mol. The van der Waals surface area contributed by atoms with Gasteiger partial charge in [-0.2, -0.15) is 8.78 Å².